The monoisotopic (exact) mass is 336 g/mol. The van der Waals surface area contributed by atoms with E-state index in [-0.39, 0.29) is 31.4 Å². The molecule has 23 heavy (non-hydrogen) atoms. The number of carbonyl (C=O) groups excluding carboxylic acids is 1. The highest BCUT2D eigenvalue weighted by atomic mass is 19.4. The van der Waals surface area contributed by atoms with E-state index >= 15 is 0 Å². The number of hydrogen-bond donors (Lipinski definition) is 1. The SMILES string of the molecule is CN(C)C(CNC(=O)CCOCC(F)(F)F)c1cccc(F)c1. The number of likely N-dealkylation sites (N-methyl/N-ethyl adjacent to an activating group) is 1. The van der Waals surface area contributed by atoms with Gasteiger partial charge in [-0.2, -0.15) is 13.2 Å². The van der Waals surface area contributed by atoms with E-state index in [0.717, 1.165) is 0 Å². The van der Waals surface area contributed by atoms with E-state index in [9.17, 15) is 22.4 Å². The Morgan fingerprint density at radius 3 is 2.61 bits per heavy atom. The van der Waals surface area contributed by atoms with Crippen LogP contribution in [0.15, 0.2) is 24.3 Å². The lowest BCUT2D eigenvalue weighted by Gasteiger charge is -2.25. The summed E-state index contributed by atoms with van der Waals surface area (Å²) in [5.74, 6) is -0.795. The van der Waals surface area contributed by atoms with Crippen molar-refractivity contribution in [2.24, 2.45) is 0 Å². The van der Waals surface area contributed by atoms with Crippen LogP contribution >= 0.6 is 0 Å². The fourth-order valence-corrected chi connectivity index (χ4v) is 1.96. The van der Waals surface area contributed by atoms with E-state index in [1.807, 2.05) is 4.90 Å². The standard InChI is InChI=1S/C15H20F4N2O2/c1-21(2)13(11-4-3-5-12(16)8-11)9-20-14(22)6-7-23-10-15(17,18)19/h3-5,8,13H,6-7,9-10H2,1-2H3,(H,20,22). The molecule has 130 valence electrons. The summed E-state index contributed by atoms with van der Waals surface area (Å²) < 4.78 is 53.3. The Morgan fingerprint density at radius 1 is 1.35 bits per heavy atom. The number of ether oxygens (including phenoxy) is 1. The number of rotatable bonds is 8. The highest BCUT2D eigenvalue weighted by Crippen LogP contribution is 2.18. The molecule has 0 aromatic heterocycles. The fourth-order valence-electron chi connectivity index (χ4n) is 1.96. The van der Waals surface area contributed by atoms with Crippen LogP contribution in [0.4, 0.5) is 17.6 Å². The number of nitrogens with zero attached hydrogens (tertiary/aromatic N) is 1. The van der Waals surface area contributed by atoms with E-state index in [1.165, 1.54) is 12.1 Å². The lowest BCUT2D eigenvalue weighted by Crippen LogP contribution is -2.35. The van der Waals surface area contributed by atoms with Crippen LogP contribution in [0.25, 0.3) is 0 Å². The maximum atomic E-state index is 13.3. The Balaban J connectivity index is 2.42. The molecule has 0 heterocycles. The van der Waals surface area contributed by atoms with Crippen molar-refractivity contribution in [1.29, 1.82) is 0 Å². The molecule has 4 nitrogen and oxygen atoms in total. The van der Waals surface area contributed by atoms with Gasteiger partial charge in [-0.1, -0.05) is 12.1 Å². The second kappa shape index (κ2) is 8.83. The van der Waals surface area contributed by atoms with Gasteiger partial charge in [0.25, 0.3) is 0 Å². The summed E-state index contributed by atoms with van der Waals surface area (Å²) in [6.45, 7) is -1.46. The number of amides is 1. The molecule has 1 N–H and O–H groups in total. The third-order valence-corrected chi connectivity index (χ3v) is 3.09. The van der Waals surface area contributed by atoms with E-state index < -0.39 is 18.7 Å². The summed E-state index contributed by atoms with van der Waals surface area (Å²) >= 11 is 0. The summed E-state index contributed by atoms with van der Waals surface area (Å²) in [5.41, 5.74) is 0.698. The fraction of sp³-hybridized carbons (Fsp3) is 0.533. The summed E-state index contributed by atoms with van der Waals surface area (Å²) in [6.07, 6.45) is -4.57. The van der Waals surface area contributed by atoms with Gasteiger partial charge < -0.3 is 15.0 Å². The van der Waals surface area contributed by atoms with Crippen molar-refractivity contribution in [3.63, 3.8) is 0 Å². The largest absolute Gasteiger partial charge is 0.411 e. The summed E-state index contributed by atoms with van der Waals surface area (Å²) in [5, 5.41) is 2.62. The third kappa shape index (κ3) is 7.94. The first-order chi connectivity index (χ1) is 10.7. The predicted octanol–water partition coefficient (Wildman–Crippen LogP) is 2.51. The van der Waals surface area contributed by atoms with Crippen molar-refractivity contribution >= 4 is 5.91 Å². The lowest BCUT2D eigenvalue weighted by molar-refractivity contribution is -0.174. The Kier molecular flexibility index (Phi) is 7.44. The van der Waals surface area contributed by atoms with Gasteiger partial charge in [0.15, 0.2) is 0 Å². The van der Waals surface area contributed by atoms with Crippen molar-refractivity contribution in [3.05, 3.63) is 35.6 Å². The Labute approximate surface area is 132 Å². The van der Waals surface area contributed by atoms with Gasteiger partial charge >= 0.3 is 6.18 Å². The van der Waals surface area contributed by atoms with Crippen molar-refractivity contribution in [3.8, 4) is 0 Å². The molecule has 0 spiro atoms. The lowest BCUT2D eigenvalue weighted by atomic mass is 10.1. The third-order valence-electron chi connectivity index (χ3n) is 3.09. The zero-order valence-electron chi connectivity index (χ0n) is 13.0. The van der Waals surface area contributed by atoms with E-state index in [4.69, 9.17) is 0 Å². The molecule has 0 saturated carbocycles. The van der Waals surface area contributed by atoms with Crippen LogP contribution < -0.4 is 5.32 Å². The Bertz CT molecular complexity index is 506. The maximum Gasteiger partial charge on any atom is 0.411 e. The van der Waals surface area contributed by atoms with Crippen LogP contribution in [0.5, 0.6) is 0 Å². The minimum absolute atomic E-state index is 0.167. The molecule has 0 fully saturated rings. The average molecular weight is 336 g/mol. The molecular weight excluding hydrogens is 316 g/mol. The highest BCUT2D eigenvalue weighted by Gasteiger charge is 2.27. The molecule has 1 aromatic rings. The Morgan fingerprint density at radius 2 is 2.04 bits per heavy atom. The normalized spacial score (nSPS) is 13.2. The summed E-state index contributed by atoms with van der Waals surface area (Å²) in [6, 6.07) is 5.78. The van der Waals surface area contributed by atoms with Gasteiger partial charge in [-0.05, 0) is 31.8 Å². The zero-order valence-corrected chi connectivity index (χ0v) is 13.0. The smallest absolute Gasteiger partial charge is 0.372 e. The van der Waals surface area contributed by atoms with Crippen molar-refractivity contribution in [2.75, 3.05) is 33.9 Å². The second-order valence-electron chi connectivity index (χ2n) is 5.26. The number of hydrogen-bond acceptors (Lipinski definition) is 3. The van der Waals surface area contributed by atoms with E-state index in [0.29, 0.717) is 5.56 Å². The highest BCUT2D eigenvalue weighted by molar-refractivity contribution is 5.76. The van der Waals surface area contributed by atoms with Crippen LogP contribution in [-0.4, -0.2) is 50.8 Å². The van der Waals surface area contributed by atoms with E-state index in [2.05, 4.69) is 10.1 Å². The van der Waals surface area contributed by atoms with Gasteiger partial charge in [0.2, 0.25) is 5.91 Å². The van der Waals surface area contributed by atoms with Crippen LogP contribution in [0, 0.1) is 5.82 Å². The predicted molar refractivity (Wildman–Crippen MR) is 77.3 cm³/mol. The number of carbonyl (C=O) groups is 1. The molecule has 0 saturated heterocycles. The molecule has 0 bridgehead atoms. The molecule has 8 heteroatoms. The molecule has 1 amide bonds. The zero-order chi connectivity index (χ0) is 17.5. The first-order valence-corrected chi connectivity index (χ1v) is 7.02. The van der Waals surface area contributed by atoms with E-state index in [1.54, 1.807) is 26.2 Å². The number of benzene rings is 1. The molecule has 1 atom stereocenters. The topological polar surface area (TPSA) is 41.6 Å². The van der Waals surface area contributed by atoms with Gasteiger partial charge in [-0.3, -0.25) is 4.79 Å². The molecule has 0 aliphatic carbocycles. The first kappa shape index (κ1) is 19.4. The van der Waals surface area contributed by atoms with Gasteiger partial charge in [0.1, 0.15) is 12.4 Å². The van der Waals surface area contributed by atoms with Crippen LogP contribution in [0.2, 0.25) is 0 Å². The second-order valence-corrected chi connectivity index (χ2v) is 5.26. The number of alkyl halides is 3. The molecule has 0 aliphatic rings. The van der Waals surface area contributed by atoms with Gasteiger partial charge in [0, 0.05) is 13.0 Å². The number of nitrogens with one attached hydrogen (secondary N) is 1. The molecule has 1 rings (SSSR count). The average Bonchev–Trinajstić information content (AvgIpc) is 2.42. The van der Waals surface area contributed by atoms with Crippen LogP contribution in [0.3, 0.4) is 0 Å². The molecular formula is C15H20F4N2O2. The van der Waals surface area contributed by atoms with Gasteiger partial charge in [-0.15, -0.1) is 0 Å². The van der Waals surface area contributed by atoms with Crippen molar-refractivity contribution in [2.45, 2.75) is 18.6 Å². The van der Waals surface area contributed by atoms with Gasteiger partial charge in [-0.25, -0.2) is 4.39 Å². The number of halogens is 4. The minimum atomic E-state index is -4.40. The van der Waals surface area contributed by atoms with Crippen molar-refractivity contribution < 1.29 is 27.1 Å². The molecule has 0 aliphatic heterocycles. The van der Waals surface area contributed by atoms with Crippen LogP contribution in [-0.2, 0) is 9.53 Å². The molecule has 0 radical (unpaired) electrons. The minimum Gasteiger partial charge on any atom is -0.372 e. The first-order valence-electron chi connectivity index (χ1n) is 7.02. The maximum absolute atomic E-state index is 13.3. The molecule has 1 aromatic carbocycles. The Hall–Kier alpha value is -1.67. The van der Waals surface area contributed by atoms with Crippen LogP contribution in [0.1, 0.15) is 18.0 Å². The molecule has 1 unspecified atom stereocenters. The van der Waals surface area contributed by atoms with Gasteiger partial charge in [0.05, 0.1) is 12.6 Å². The summed E-state index contributed by atoms with van der Waals surface area (Å²) in [7, 11) is 3.57. The van der Waals surface area contributed by atoms with Crippen molar-refractivity contribution in [1.82, 2.24) is 10.2 Å². The summed E-state index contributed by atoms with van der Waals surface area (Å²) in [4.78, 5) is 13.4. The quantitative estimate of drug-likeness (QED) is 0.586.